The Labute approximate surface area is 107 Å². The lowest BCUT2D eigenvalue weighted by Gasteiger charge is -2.18. The molecule has 0 saturated heterocycles. The maximum atomic E-state index is 12.1. The van der Waals surface area contributed by atoms with Gasteiger partial charge in [-0.3, -0.25) is 4.79 Å². The number of carboxylic acid groups (broad SMARTS) is 1. The summed E-state index contributed by atoms with van der Waals surface area (Å²) < 4.78 is 0. The smallest absolute Gasteiger partial charge is 0.326 e. The molecular formula is C14H19NO3. The zero-order chi connectivity index (χ0) is 13.9. The van der Waals surface area contributed by atoms with Crippen LogP contribution in [0.3, 0.4) is 0 Å². The van der Waals surface area contributed by atoms with Crippen LogP contribution in [0.15, 0.2) is 18.2 Å². The fraction of sp³-hybridized carbons (Fsp3) is 0.429. The molecule has 18 heavy (non-hydrogen) atoms. The summed E-state index contributed by atoms with van der Waals surface area (Å²) in [5.74, 6) is -1.50. The monoisotopic (exact) mass is 249 g/mol. The van der Waals surface area contributed by atoms with Gasteiger partial charge in [0.2, 0.25) is 0 Å². The molecule has 1 amide bonds. The number of benzene rings is 1. The number of hydrogen-bond donors (Lipinski definition) is 2. The number of carboxylic acids is 1. The van der Waals surface area contributed by atoms with Gasteiger partial charge in [-0.25, -0.2) is 4.79 Å². The SMILES string of the molecule is Cc1ccc(C)c(C(=O)NC(C(=O)O)C(C)C)c1. The molecule has 4 nitrogen and oxygen atoms in total. The van der Waals surface area contributed by atoms with E-state index >= 15 is 0 Å². The van der Waals surface area contributed by atoms with E-state index in [0.717, 1.165) is 11.1 Å². The fourth-order valence-electron chi connectivity index (χ4n) is 1.71. The Morgan fingerprint density at radius 2 is 1.83 bits per heavy atom. The van der Waals surface area contributed by atoms with Crippen molar-refractivity contribution in [3.63, 3.8) is 0 Å². The van der Waals surface area contributed by atoms with Crippen molar-refractivity contribution in [3.8, 4) is 0 Å². The van der Waals surface area contributed by atoms with Gasteiger partial charge in [0.05, 0.1) is 0 Å². The second-order valence-electron chi connectivity index (χ2n) is 4.85. The van der Waals surface area contributed by atoms with Crippen LogP contribution in [-0.4, -0.2) is 23.0 Å². The third-order valence-corrected chi connectivity index (χ3v) is 2.86. The van der Waals surface area contributed by atoms with Crippen LogP contribution in [0.1, 0.15) is 35.3 Å². The maximum Gasteiger partial charge on any atom is 0.326 e. The minimum absolute atomic E-state index is 0.156. The minimum atomic E-state index is -1.01. The van der Waals surface area contributed by atoms with E-state index < -0.39 is 12.0 Å². The van der Waals surface area contributed by atoms with Crippen molar-refractivity contribution in [1.82, 2.24) is 5.32 Å². The summed E-state index contributed by atoms with van der Waals surface area (Å²) in [6.45, 7) is 7.26. The van der Waals surface area contributed by atoms with E-state index in [2.05, 4.69) is 5.32 Å². The van der Waals surface area contributed by atoms with Gasteiger partial charge in [0.15, 0.2) is 0 Å². The van der Waals surface area contributed by atoms with E-state index in [1.54, 1.807) is 19.9 Å². The van der Waals surface area contributed by atoms with Gasteiger partial charge in [0, 0.05) is 5.56 Å². The number of carbonyl (C=O) groups excluding carboxylic acids is 1. The highest BCUT2D eigenvalue weighted by molar-refractivity contribution is 5.98. The molecule has 1 rings (SSSR count). The lowest BCUT2D eigenvalue weighted by molar-refractivity contribution is -0.140. The molecule has 0 fully saturated rings. The first-order valence-electron chi connectivity index (χ1n) is 5.94. The summed E-state index contributed by atoms with van der Waals surface area (Å²) in [6.07, 6.45) is 0. The van der Waals surface area contributed by atoms with Crippen molar-refractivity contribution < 1.29 is 14.7 Å². The second-order valence-corrected chi connectivity index (χ2v) is 4.85. The predicted octanol–water partition coefficient (Wildman–Crippen LogP) is 2.14. The van der Waals surface area contributed by atoms with Crippen molar-refractivity contribution in [1.29, 1.82) is 0 Å². The van der Waals surface area contributed by atoms with Crippen molar-refractivity contribution in [2.45, 2.75) is 33.7 Å². The summed E-state index contributed by atoms with van der Waals surface area (Å²) in [5.41, 5.74) is 2.34. The normalized spacial score (nSPS) is 12.3. The van der Waals surface area contributed by atoms with E-state index in [0.29, 0.717) is 5.56 Å². The Kier molecular flexibility index (Phi) is 4.48. The van der Waals surface area contributed by atoms with Crippen LogP contribution >= 0.6 is 0 Å². The molecule has 0 radical (unpaired) electrons. The summed E-state index contributed by atoms with van der Waals surface area (Å²) in [4.78, 5) is 23.1. The predicted molar refractivity (Wildman–Crippen MR) is 69.6 cm³/mol. The van der Waals surface area contributed by atoms with E-state index in [9.17, 15) is 9.59 Å². The van der Waals surface area contributed by atoms with Gasteiger partial charge in [-0.2, -0.15) is 0 Å². The molecule has 0 aliphatic carbocycles. The van der Waals surface area contributed by atoms with Crippen LogP contribution < -0.4 is 5.32 Å². The summed E-state index contributed by atoms with van der Waals surface area (Å²) in [7, 11) is 0. The van der Waals surface area contributed by atoms with Gasteiger partial charge in [-0.05, 0) is 31.4 Å². The fourth-order valence-corrected chi connectivity index (χ4v) is 1.71. The van der Waals surface area contributed by atoms with Gasteiger partial charge in [-0.1, -0.05) is 31.5 Å². The number of rotatable bonds is 4. The third kappa shape index (κ3) is 3.32. The Hall–Kier alpha value is -1.84. The molecule has 1 unspecified atom stereocenters. The average Bonchev–Trinajstić information content (AvgIpc) is 2.28. The van der Waals surface area contributed by atoms with Crippen molar-refractivity contribution in [2.75, 3.05) is 0 Å². The number of hydrogen-bond acceptors (Lipinski definition) is 2. The van der Waals surface area contributed by atoms with E-state index in [1.165, 1.54) is 0 Å². The topological polar surface area (TPSA) is 66.4 Å². The lowest BCUT2D eigenvalue weighted by Crippen LogP contribution is -2.44. The van der Waals surface area contributed by atoms with Crippen LogP contribution in [0.2, 0.25) is 0 Å². The maximum absolute atomic E-state index is 12.1. The van der Waals surface area contributed by atoms with Crippen LogP contribution in [0, 0.1) is 19.8 Å². The molecule has 1 aromatic rings. The Bertz CT molecular complexity index is 466. The van der Waals surface area contributed by atoms with E-state index in [1.807, 2.05) is 26.0 Å². The first-order valence-corrected chi connectivity index (χ1v) is 5.94. The van der Waals surface area contributed by atoms with Gasteiger partial charge in [-0.15, -0.1) is 0 Å². The summed E-state index contributed by atoms with van der Waals surface area (Å²) >= 11 is 0. The van der Waals surface area contributed by atoms with Gasteiger partial charge in [0.25, 0.3) is 5.91 Å². The Morgan fingerprint density at radius 1 is 1.22 bits per heavy atom. The largest absolute Gasteiger partial charge is 0.480 e. The molecule has 0 heterocycles. The number of nitrogens with one attached hydrogen (secondary N) is 1. The Morgan fingerprint density at radius 3 is 2.33 bits per heavy atom. The molecule has 0 aliphatic heterocycles. The molecule has 0 aromatic heterocycles. The number of carbonyl (C=O) groups is 2. The Balaban J connectivity index is 2.94. The van der Waals surface area contributed by atoms with Crippen molar-refractivity contribution >= 4 is 11.9 Å². The standard InChI is InChI=1S/C14H19NO3/c1-8(2)12(14(17)18)15-13(16)11-7-9(3)5-6-10(11)4/h5-8,12H,1-4H3,(H,15,16)(H,17,18). The third-order valence-electron chi connectivity index (χ3n) is 2.86. The lowest BCUT2D eigenvalue weighted by atomic mass is 10.0. The molecule has 2 N–H and O–H groups in total. The number of aliphatic carboxylic acids is 1. The molecule has 1 aromatic carbocycles. The van der Waals surface area contributed by atoms with Crippen molar-refractivity contribution in [2.24, 2.45) is 5.92 Å². The molecule has 4 heteroatoms. The molecule has 98 valence electrons. The number of amides is 1. The van der Waals surface area contributed by atoms with Gasteiger partial charge in [0.1, 0.15) is 6.04 Å². The molecular weight excluding hydrogens is 230 g/mol. The minimum Gasteiger partial charge on any atom is -0.480 e. The average molecular weight is 249 g/mol. The summed E-state index contributed by atoms with van der Waals surface area (Å²) in [5, 5.41) is 11.6. The highest BCUT2D eigenvalue weighted by atomic mass is 16.4. The number of aryl methyl sites for hydroxylation is 2. The van der Waals surface area contributed by atoms with Crippen LogP contribution in [0.25, 0.3) is 0 Å². The molecule has 0 bridgehead atoms. The van der Waals surface area contributed by atoms with Crippen LogP contribution in [-0.2, 0) is 4.79 Å². The highest BCUT2D eigenvalue weighted by Gasteiger charge is 2.24. The van der Waals surface area contributed by atoms with Crippen molar-refractivity contribution in [3.05, 3.63) is 34.9 Å². The molecule has 0 spiro atoms. The second kappa shape index (κ2) is 5.67. The highest BCUT2D eigenvalue weighted by Crippen LogP contribution is 2.12. The van der Waals surface area contributed by atoms with Gasteiger partial charge >= 0.3 is 5.97 Å². The van der Waals surface area contributed by atoms with E-state index in [-0.39, 0.29) is 11.8 Å². The van der Waals surface area contributed by atoms with E-state index in [4.69, 9.17) is 5.11 Å². The van der Waals surface area contributed by atoms with Crippen LogP contribution in [0.4, 0.5) is 0 Å². The molecule has 0 saturated carbocycles. The van der Waals surface area contributed by atoms with Gasteiger partial charge < -0.3 is 10.4 Å². The molecule has 1 atom stereocenters. The summed E-state index contributed by atoms with van der Waals surface area (Å²) in [6, 6.07) is 4.68. The molecule has 0 aliphatic rings. The quantitative estimate of drug-likeness (QED) is 0.859. The van der Waals surface area contributed by atoms with Crippen LogP contribution in [0.5, 0.6) is 0 Å². The first kappa shape index (κ1) is 14.2. The zero-order valence-corrected chi connectivity index (χ0v) is 11.2. The zero-order valence-electron chi connectivity index (χ0n) is 11.2. The first-order chi connectivity index (χ1) is 8.32.